The second-order valence-electron chi connectivity index (χ2n) is 5.51. The van der Waals surface area contributed by atoms with Gasteiger partial charge in [0.2, 0.25) is 0 Å². The fraction of sp³-hybridized carbons (Fsp3) is 0.333. The van der Waals surface area contributed by atoms with Gasteiger partial charge in [0.05, 0.1) is 13.7 Å². The first-order valence-electron chi connectivity index (χ1n) is 7.39. The first-order valence-corrected chi connectivity index (χ1v) is 7.39. The Balaban J connectivity index is 1.70. The number of ether oxygens (including phenoxy) is 1. The molecule has 3 nitrogen and oxygen atoms in total. The first-order chi connectivity index (χ1) is 10.3. The molecular formula is C18H21NO2. The zero-order valence-electron chi connectivity index (χ0n) is 12.3. The van der Waals surface area contributed by atoms with Crippen LogP contribution in [0, 0.1) is 0 Å². The molecule has 0 spiro atoms. The third-order valence-electron chi connectivity index (χ3n) is 4.16. The number of aryl methyl sites for hydroxylation is 1. The maximum Gasteiger partial charge on any atom is 0.119 e. The highest BCUT2D eigenvalue weighted by atomic mass is 16.5. The van der Waals surface area contributed by atoms with Crippen molar-refractivity contribution in [2.45, 2.75) is 32.0 Å². The molecule has 1 aliphatic rings. The van der Waals surface area contributed by atoms with Gasteiger partial charge in [-0.05, 0) is 47.2 Å². The molecule has 21 heavy (non-hydrogen) atoms. The van der Waals surface area contributed by atoms with Crippen LogP contribution in [0.25, 0.3) is 0 Å². The predicted octanol–water partition coefficient (Wildman–Crippen LogP) is 2.96. The molecule has 0 aliphatic heterocycles. The summed E-state index contributed by atoms with van der Waals surface area (Å²) in [5.41, 5.74) is 4.94. The van der Waals surface area contributed by atoms with Crippen LogP contribution in [0.4, 0.5) is 0 Å². The van der Waals surface area contributed by atoms with E-state index in [9.17, 15) is 5.11 Å². The summed E-state index contributed by atoms with van der Waals surface area (Å²) in [6, 6.07) is 14.8. The van der Waals surface area contributed by atoms with Crippen molar-refractivity contribution in [2.75, 3.05) is 7.11 Å². The molecule has 0 saturated carbocycles. The Morgan fingerprint density at radius 2 is 2.05 bits per heavy atom. The van der Waals surface area contributed by atoms with Crippen molar-refractivity contribution in [2.24, 2.45) is 0 Å². The summed E-state index contributed by atoms with van der Waals surface area (Å²) in [4.78, 5) is 0. The summed E-state index contributed by atoms with van der Waals surface area (Å²) < 4.78 is 5.33. The van der Waals surface area contributed by atoms with E-state index in [-0.39, 0.29) is 6.61 Å². The molecule has 3 heteroatoms. The van der Waals surface area contributed by atoms with Gasteiger partial charge in [-0.15, -0.1) is 0 Å². The topological polar surface area (TPSA) is 41.5 Å². The Morgan fingerprint density at radius 1 is 1.19 bits per heavy atom. The number of hydrogen-bond acceptors (Lipinski definition) is 3. The van der Waals surface area contributed by atoms with Gasteiger partial charge >= 0.3 is 0 Å². The normalized spacial score (nSPS) is 16.8. The van der Waals surface area contributed by atoms with Gasteiger partial charge < -0.3 is 15.2 Å². The van der Waals surface area contributed by atoms with Crippen LogP contribution in [0.1, 0.15) is 34.7 Å². The van der Waals surface area contributed by atoms with Crippen LogP contribution >= 0.6 is 0 Å². The van der Waals surface area contributed by atoms with Crippen LogP contribution in [-0.4, -0.2) is 12.2 Å². The van der Waals surface area contributed by atoms with Gasteiger partial charge in [-0.3, -0.25) is 0 Å². The van der Waals surface area contributed by atoms with E-state index in [1.807, 2.05) is 18.2 Å². The summed E-state index contributed by atoms with van der Waals surface area (Å²) in [7, 11) is 1.71. The molecule has 3 rings (SSSR count). The second kappa shape index (κ2) is 6.29. The van der Waals surface area contributed by atoms with Crippen molar-refractivity contribution in [3.05, 3.63) is 64.7 Å². The average molecular weight is 283 g/mol. The number of fused-ring (bicyclic) bond motifs is 1. The maximum atomic E-state index is 9.20. The Bertz CT molecular complexity index is 624. The quantitative estimate of drug-likeness (QED) is 0.886. The lowest BCUT2D eigenvalue weighted by Crippen LogP contribution is -2.18. The minimum Gasteiger partial charge on any atom is -0.497 e. The highest BCUT2D eigenvalue weighted by molar-refractivity contribution is 5.40. The highest BCUT2D eigenvalue weighted by Gasteiger charge is 2.22. The third-order valence-corrected chi connectivity index (χ3v) is 4.16. The van der Waals surface area contributed by atoms with Crippen LogP contribution < -0.4 is 10.1 Å². The summed E-state index contributed by atoms with van der Waals surface area (Å²) in [6.07, 6.45) is 2.25. The van der Waals surface area contributed by atoms with Crippen molar-refractivity contribution in [3.8, 4) is 5.75 Å². The van der Waals surface area contributed by atoms with E-state index in [0.29, 0.717) is 6.04 Å². The molecule has 0 heterocycles. The van der Waals surface area contributed by atoms with Gasteiger partial charge in [-0.2, -0.15) is 0 Å². The SMILES string of the molecule is COc1ccc2c(c1)C(NCc1cccc(CO)c1)CC2. The monoisotopic (exact) mass is 283 g/mol. The summed E-state index contributed by atoms with van der Waals surface area (Å²) in [5, 5.41) is 12.8. The van der Waals surface area contributed by atoms with E-state index in [1.54, 1.807) is 7.11 Å². The molecule has 110 valence electrons. The Hall–Kier alpha value is -1.84. The van der Waals surface area contributed by atoms with Gasteiger partial charge in [-0.1, -0.05) is 30.3 Å². The number of aliphatic hydroxyl groups excluding tert-OH is 1. The summed E-state index contributed by atoms with van der Waals surface area (Å²) >= 11 is 0. The molecule has 2 N–H and O–H groups in total. The number of benzene rings is 2. The number of rotatable bonds is 5. The van der Waals surface area contributed by atoms with Crippen molar-refractivity contribution in [1.29, 1.82) is 0 Å². The molecule has 1 aliphatic carbocycles. The van der Waals surface area contributed by atoms with E-state index >= 15 is 0 Å². The van der Waals surface area contributed by atoms with Crippen molar-refractivity contribution in [1.82, 2.24) is 5.32 Å². The molecule has 0 bridgehead atoms. The van der Waals surface area contributed by atoms with Gasteiger partial charge in [0, 0.05) is 12.6 Å². The molecule has 1 unspecified atom stereocenters. The van der Waals surface area contributed by atoms with Crippen LogP contribution in [0.15, 0.2) is 42.5 Å². The number of nitrogens with one attached hydrogen (secondary N) is 1. The van der Waals surface area contributed by atoms with E-state index in [1.165, 1.54) is 16.7 Å². The maximum absolute atomic E-state index is 9.20. The Labute approximate surface area is 125 Å². The lowest BCUT2D eigenvalue weighted by molar-refractivity contribution is 0.281. The van der Waals surface area contributed by atoms with E-state index < -0.39 is 0 Å². The minimum absolute atomic E-state index is 0.0945. The predicted molar refractivity (Wildman–Crippen MR) is 83.3 cm³/mol. The van der Waals surface area contributed by atoms with Crippen molar-refractivity contribution in [3.63, 3.8) is 0 Å². The van der Waals surface area contributed by atoms with Crippen LogP contribution in [0.2, 0.25) is 0 Å². The average Bonchev–Trinajstić information content (AvgIpc) is 2.95. The Kier molecular flexibility index (Phi) is 4.23. The lowest BCUT2D eigenvalue weighted by atomic mass is 10.1. The largest absolute Gasteiger partial charge is 0.497 e. The van der Waals surface area contributed by atoms with E-state index in [4.69, 9.17) is 4.74 Å². The third kappa shape index (κ3) is 3.09. The Morgan fingerprint density at radius 3 is 2.86 bits per heavy atom. The minimum atomic E-state index is 0.0945. The molecule has 0 saturated heterocycles. The number of aliphatic hydroxyl groups is 1. The fourth-order valence-corrected chi connectivity index (χ4v) is 3.00. The van der Waals surface area contributed by atoms with Crippen molar-refractivity contribution < 1.29 is 9.84 Å². The molecule has 1 atom stereocenters. The molecular weight excluding hydrogens is 262 g/mol. The zero-order chi connectivity index (χ0) is 14.7. The standard InChI is InChI=1S/C18H21NO2/c1-21-16-7-5-15-6-8-18(17(15)10-16)19-11-13-3-2-4-14(9-13)12-20/h2-5,7,9-10,18-20H,6,8,11-12H2,1H3. The molecule has 0 aromatic heterocycles. The molecule has 2 aromatic carbocycles. The summed E-state index contributed by atoms with van der Waals surface area (Å²) in [5.74, 6) is 0.921. The van der Waals surface area contributed by atoms with Gasteiger partial charge in [0.15, 0.2) is 0 Å². The van der Waals surface area contributed by atoms with Gasteiger partial charge in [-0.25, -0.2) is 0 Å². The van der Waals surface area contributed by atoms with Gasteiger partial charge in [0.1, 0.15) is 5.75 Å². The highest BCUT2D eigenvalue weighted by Crippen LogP contribution is 2.33. The summed E-state index contributed by atoms with van der Waals surface area (Å²) in [6.45, 7) is 0.909. The first kappa shape index (κ1) is 14.1. The van der Waals surface area contributed by atoms with E-state index in [2.05, 4.69) is 29.6 Å². The van der Waals surface area contributed by atoms with Gasteiger partial charge in [0.25, 0.3) is 0 Å². The number of methoxy groups -OCH3 is 1. The van der Waals surface area contributed by atoms with E-state index in [0.717, 1.165) is 30.7 Å². The lowest BCUT2D eigenvalue weighted by Gasteiger charge is -2.15. The fourth-order valence-electron chi connectivity index (χ4n) is 3.00. The van der Waals surface area contributed by atoms with Crippen LogP contribution in [0.3, 0.4) is 0 Å². The van der Waals surface area contributed by atoms with Crippen LogP contribution in [-0.2, 0) is 19.6 Å². The van der Waals surface area contributed by atoms with Crippen LogP contribution in [0.5, 0.6) is 5.75 Å². The zero-order valence-corrected chi connectivity index (χ0v) is 12.3. The number of hydrogen-bond donors (Lipinski definition) is 2. The molecule has 2 aromatic rings. The smallest absolute Gasteiger partial charge is 0.119 e. The molecule has 0 amide bonds. The molecule has 0 radical (unpaired) electrons. The van der Waals surface area contributed by atoms with Crippen molar-refractivity contribution >= 4 is 0 Å². The second-order valence-corrected chi connectivity index (χ2v) is 5.51. The molecule has 0 fully saturated rings.